The number of nitrogens with one attached hydrogen (secondary N) is 3. The average molecular weight is 534 g/mol. The Hall–Kier alpha value is -3.74. The summed E-state index contributed by atoms with van der Waals surface area (Å²) in [6.07, 6.45) is 2.86. The number of thiocarbonyl (C=S) groups is 1. The van der Waals surface area contributed by atoms with E-state index in [4.69, 9.17) is 33.3 Å². The quantitative estimate of drug-likeness (QED) is 0.294. The number of hydrogen-bond acceptors (Lipinski definition) is 8. The number of ether oxygens (including phenoxy) is 2. The molecule has 0 spiro atoms. The molecule has 10 nitrogen and oxygen atoms in total. The van der Waals surface area contributed by atoms with E-state index in [-0.39, 0.29) is 27.7 Å². The Balaban J connectivity index is 1.61. The normalized spacial score (nSPS) is 11.1. The van der Waals surface area contributed by atoms with Gasteiger partial charge in [0.2, 0.25) is 11.8 Å². The summed E-state index contributed by atoms with van der Waals surface area (Å²) in [5, 5.41) is 5.86. The molecule has 13 heteroatoms. The molecule has 3 aromatic rings. The van der Waals surface area contributed by atoms with E-state index in [1.165, 1.54) is 50.6 Å². The van der Waals surface area contributed by atoms with E-state index in [2.05, 4.69) is 25.3 Å². The minimum Gasteiger partial charge on any atom is -0.481 e. The first-order chi connectivity index (χ1) is 16.7. The fraction of sp³-hybridized carbons (Fsp3) is 0.0909. The van der Waals surface area contributed by atoms with Gasteiger partial charge in [-0.25, -0.2) is 8.42 Å². The molecule has 0 radical (unpaired) electrons. The minimum atomic E-state index is -3.97. The SMILES string of the molecule is COc1cc(NS(=O)(=O)c2ccc(NC(=S)NC(=O)/C=C/c3ccccc3Cl)cc2)nc(OC)n1. The maximum Gasteiger partial charge on any atom is 0.321 e. The third-order valence-electron chi connectivity index (χ3n) is 4.29. The van der Waals surface area contributed by atoms with Crippen molar-refractivity contribution in [2.75, 3.05) is 24.3 Å². The van der Waals surface area contributed by atoms with Crippen LogP contribution < -0.4 is 24.8 Å². The van der Waals surface area contributed by atoms with Crippen molar-refractivity contribution in [3.8, 4) is 11.9 Å². The van der Waals surface area contributed by atoms with Crippen molar-refractivity contribution >= 4 is 62.4 Å². The van der Waals surface area contributed by atoms with Crippen molar-refractivity contribution in [2.45, 2.75) is 4.90 Å². The molecule has 1 amide bonds. The molecule has 35 heavy (non-hydrogen) atoms. The highest BCUT2D eigenvalue weighted by Gasteiger charge is 2.17. The topological polar surface area (TPSA) is 132 Å². The van der Waals surface area contributed by atoms with Gasteiger partial charge in [0, 0.05) is 22.9 Å². The molecule has 2 aromatic carbocycles. The number of amides is 1. The molecule has 1 aromatic heterocycles. The Morgan fingerprint density at radius 1 is 1.06 bits per heavy atom. The van der Waals surface area contributed by atoms with Gasteiger partial charge >= 0.3 is 6.01 Å². The second-order valence-corrected chi connectivity index (χ2v) is 9.21. The number of methoxy groups -OCH3 is 2. The number of anilines is 2. The van der Waals surface area contributed by atoms with E-state index in [1.54, 1.807) is 30.3 Å². The van der Waals surface area contributed by atoms with Gasteiger partial charge in [-0.2, -0.15) is 9.97 Å². The lowest BCUT2D eigenvalue weighted by atomic mass is 10.2. The monoisotopic (exact) mass is 533 g/mol. The second kappa shape index (κ2) is 11.6. The molecule has 0 saturated heterocycles. The molecule has 3 N–H and O–H groups in total. The van der Waals surface area contributed by atoms with Crippen LogP contribution in [-0.2, 0) is 14.8 Å². The van der Waals surface area contributed by atoms with Crippen LogP contribution in [0, 0.1) is 0 Å². The lowest BCUT2D eigenvalue weighted by Gasteiger charge is -2.11. The van der Waals surface area contributed by atoms with Gasteiger partial charge in [0.15, 0.2) is 10.9 Å². The maximum absolute atomic E-state index is 12.7. The van der Waals surface area contributed by atoms with Crippen LogP contribution >= 0.6 is 23.8 Å². The third kappa shape index (κ3) is 7.37. The molecular weight excluding hydrogens is 514 g/mol. The molecule has 0 saturated carbocycles. The van der Waals surface area contributed by atoms with Gasteiger partial charge in [0.1, 0.15) is 0 Å². The summed E-state index contributed by atoms with van der Waals surface area (Å²) in [6, 6.07) is 14.0. The zero-order valence-corrected chi connectivity index (χ0v) is 20.9. The van der Waals surface area contributed by atoms with Gasteiger partial charge in [0.25, 0.3) is 10.0 Å². The zero-order valence-electron chi connectivity index (χ0n) is 18.5. The summed E-state index contributed by atoms with van der Waals surface area (Å²) >= 11 is 11.2. The third-order valence-corrected chi connectivity index (χ3v) is 6.21. The molecule has 0 fully saturated rings. The minimum absolute atomic E-state index is 0.0235. The lowest BCUT2D eigenvalue weighted by Crippen LogP contribution is -2.32. The molecule has 0 atom stereocenters. The molecular formula is C22H20ClN5O5S2. The van der Waals surface area contributed by atoms with Crippen molar-refractivity contribution in [3.05, 3.63) is 71.3 Å². The first-order valence-corrected chi connectivity index (χ1v) is 12.1. The van der Waals surface area contributed by atoms with E-state index >= 15 is 0 Å². The Morgan fingerprint density at radius 2 is 1.77 bits per heavy atom. The van der Waals surface area contributed by atoms with Gasteiger partial charge in [0.05, 0.1) is 19.1 Å². The predicted molar refractivity (Wildman–Crippen MR) is 137 cm³/mol. The van der Waals surface area contributed by atoms with Crippen LogP contribution in [0.1, 0.15) is 5.56 Å². The van der Waals surface area contributed by atoms with Crippen LogP contribution in [0.25, 0.3) is 6.08 Å². The molecule has 0 aliphatic carbocycles. The lowest BCUT2D eigenvalue weighted by molar-refractivity contribution is -0.115. The van der Waals surface area contributed by atoms with Crippen LogP contribution in [0.5, 0.6) is 11.9 Å². The van der Waals surface area contributed by atoms with Gasteiger partial charge in [-0.1, -0.05) is 29.8 Å². The van der Waals surface area contributed by atoms with Crippen LogP contribution in [0.15, 0.2) is 65.6 Å². The molecule has 0 bridgehead atoms. The number of rotatable bonds is 8. The second-order valence-electron chi connectivity index (χ2n) is 6.71. The van der Waals surface area contributed by atoms with E-state index in [9.17, 15) is 13.2 Å². The highest BCUT2D eigenvalue weighted by molar-refractivity contribution is 7.92. The Labute approximate surface area is 212 Å². The first-order valence-electron chi connectivity index (χ1n) is 9.84. The van der Waals surface area contributed by atoms with Crippen LogP contribution in [0.4, 0.5) is 11.5 Å². The Bertz CT molecular complexity index is 1340. The van der Waals surface area contributed by atoms with Crippen LogP contribution in [0.2, 0.25) is 5.02 Å². The smallest absolute Gasteiger partial charge is 0.321 e. The number of nitrogens with zero attached hydrogens (tertiary/aromatic N) is 2. The molecule has 0 aliphatic heterocycles. The van der Waals surface area contributed by atoms with E-state index in [0.29, 0.717) is 16.3 Å². The summed E-state index contributed by atoms with van der Waals surface area (Å²) in [7, 11) is -1.24. The summed E-state index contributed by atoms with van der Waals surface area (Å²) in [6.45, 7) is 0. The largest absolute Gasteiger partial charge is 0.481 e. The molecule has 1 heterocycles. The summed E-state index contributed by atoms with van der Waals surface area (Å²) in [5.41, 5.74) is 1.15. The highest BCUT2D eigenvalue weighted by atomic mass is 35.5. The van der Waals surface area contributed by atoms with Crippen molar-refractivity contribution in [3.63, 3.8) is 0 Å². The van der Waals surface area contributed by atoms with Crippen molar-refractivity contribution < 1.29 is 22.7 Å². The Kier molecular flexibility index (Phi) is 8.58. The summed E-state index contributed by atoms with van der Waals surface area (Å²) < 4.78 is 37.7. The number of hydrogen-bond donors (Lipinski definition) is 3. The van der Waals surface area contributed by atoms with E-state index in [1.807, 2.05) is 0 Å². The standard InChI is InChI=1S/C22H20ClN5O5S2/c1-32-20-13-18(25-21(27-20)33-2)28-35(30,31)16-10-8-15(9-11-16)24-22(34)26-19(29)12-7-14-5-3-4-6-17(14)23/h3-13H,1-2H3,(H,25,27,28)(H2,24,26,29,34)/b12-7+. The maximum atomic E-state index is 12.7. The number of benzene rings is 2. The molecule has 0 unspecified atom stereocenters. The van der Waals surface area contributed by atoms with Gasteiger partial charge in [-0.15, -0.1) is 0 Å². The molecule has 0 aliphatic rings. The van der Waals surface area contributed by atoms with Crippen LogP contribution in [-0.4, -0.2) is 43.6 Å². The Morgan fingerprint density at radius 3 is 2.43 bits per heavy atom. The van der Waals surface area contributed by atoms with E-state index < -0.39 is 15.9 Å². The first kappa shape index (κ1) is 25.9. The van der Waals surface area contributed by atoms with Crippen LogP contribution in [0.3, 0.4) is 0 Å². The predicted octanol–water partition coefficient (Wildman–Crippen LogP) is 3.47. The van der Waals surface area contributed by atoms with Crippen molar-refractivity contribution in [1.82, 2.24) is 15.3 Å². The van der Waals surface area contributed by atoms with Gasteiger partial charge in [-0.05, 0) is 54.2 Å². The van der Waals surface area contributed by atoms with Gasteiger partial charge in [-0.3, -0.25) is 14.8 Å². The summed E-state index contributed by atoms with van der Waals surface area (Å²) in [4.78, 5) is 19.9. The average Bonchev–Trinajstić information content (AvgIpc) is 2.83. The zero-order chi connectivity index (χ0) is 25.4. The number of carbonyl (C=O) groups is 1. The van der Waals surface area contributed by atoms with E-state index in [0.717, 1.165) is 0 Å². The summed E-state index contributed by atoms with van der Waals surface area (Å²) in [5.74, 6) is -0.350. The molecule has 3 rings (SSSR count). The number of sulfonamides is 1. The fourth-order valence-corrected chi connectivity index (χ4v) is 4.07. The number of carbonyl (C=O) groups excluding carboxylic acids is 1. The molecule has 182 valence electrons. The van der Waals surface area contributed by atoms with Crippen molar-refractivity contribution in [1.29, 1.82) is 0 Å². The highest BCUT2D eigenvalue weighted by Crippen LogP contribution is 2.21. The number of halogens is 1. The van der Waals surface area contributed by atoms with Gasteiger partial charge < -0.3 is 14.8 Å². The fourth-order valence-electron chi connectivity index (χ4n) is 2.66. The number of aromatic nitrogens is 2. The van der Waals surface area contributed by atoms with Crippen molar-refractivity contribution in [2.24, 2.45) is 0 Å².